The van der Waals surface area contributed by atoms with Gasteiger partial charge in [0.15, 0.2) is 10.8 Å². The molecule has 0 atom stereocenters. The lowest BCUT2D eigenvalue weighted by atomic mass is 10.2. The van der Waals surface area contributed by atoms with Gasteiger partial charge < -0.3 is 9.29 Å². The van der Waals surface area contributed by atoms with E-state index in [1.165, 1.54) is 15.5 Å². The molecule has 7 nitrogen and oxygen atoms in total. The number of fused-ring (bicyclic) bond motifs is 2. The van der Waals surface area contributed by atoms with E-state index in [2.05, 4.69) is 47.0 Å². The van der Waals surface area contributed by atoms with Crippen LogP contribution in [0.15, 0.2) is 46.2 Å². The molecule has 4 heterocycles. The molecule has 0 radical (unpaired) electrons. The Morgan fingerprint density at radius 2 is 2.21 bits per heavy atom. The van der Waals surface area contributed by atoms with Crippen molar-refractivity contribution in [1.82, 2.24) is 19.4 Å². The molecule has 5 rings (SSSR count). The van der Waals surface area contributed by atoms with Crippen molar-refractivity contribution in [2.24, 2.45) is 0 Å². The summed E-state index contributed by atoms with van der Waals surface area (Å²) >= 11 is 4.75. The highest BCUT2D eigenvalue weighted by Crippen LogP contribution is 2.31. The number of imidazole rings is 1. The zero-order chi connectivity index (χ0) is 19.8. The first-order chi connectivity index (χ1) is 14.2. The van der Waals surface area contributed by atoms with E-state index in [4.69, 9.17) is 0 Å². The summed E-state index contributed by atoms with van der Waals surface area (Å²) in [6, 6.07) is 10.1. The topological polar surface area (TPSA) is 75.1 Å². The third kappa shape index (κ3) is 3.88. The Balaban J connectivity index is 1.32. The van der Waals surface area contributed by atoms with E-state index in [1.807, 2.05) is 25.2 Å². The van der Waals surface area contributed by atoms with E-state index >= 15 is 0 Å². The van der Waals surface area contributed by atoms with Crippen LogP contribution < -0.4 is 10.0 Å². The number of nitrogens with zero attached hydrogens (tertiary/aromatic N) is 4. The average Bonchev–Trinajstić information content (AvgIpc) is 3.44. The molecule has 0 unspecified atom stereocenters. The SMILES string of the molecule is CN1CCn2cnc(C(=O)Nc3nc4ccc(NSc5cccs5)cc4s3)c2C1. The number of aromatic nitrogens is 3. The molecule has 0 aliphatic carbocycles. The lowest BCUT2D eigenvalue weighted by Gasteiger charge is -2.24. The van der Waals surface area contributed by atoms with Gasteiger partial charge in [0.2, 0.25) is 0 Å². The lowest BCUT2D eigenvalue weighted by Crippen LogP contribution is -2.31. The summed E-state index contributed by atoms with van der Waals surface area (Å²) in [6.45, 7) is 2.54. The van der Waals surface area contributed by atoms with Crippen LogP contribution in [0.1, 0.15) is 16.2 Å². The molecular formula is C19H18N6OS3. The van der Waals surface area contributed by atoms with Crippen LogP contribution in [0.25, 0.3) is 10.2 Å². The van der Waals surface area contributed by atoms with Gasteiger partial charge in [-0.2, -0.15) is 0 Å². The Kier molecular flexibility index (Phi) is 5.00. The molecule has 2 N–H and O–H groups in total. The molecule has 0 saturated carbocycles. The minimum absolute atomic E-state index is 0.209. The van der Waals surface area contributed by atoms with E-state index in [9.17, 15) is 4.79 Å². The fourth-order valence-electron chi connectivity index (χ4n) is 3.20. The van der Waals surface area contributed by atoms with Gasteiger partial charge in [-0.15, -0.1) is 11.3 Å². The third-order valence-corrected chi connectivity index (χ3v) is 7.49. The quantitative estimate of drug-likeness (QED) is 0.447. The number of hydrogen-bond acceptors (Lipinski definition) is 8. The normalized spacial score (nSPS) is 14.1. The van der Waals surface area contributed by atoms with Gasteiger partial charge in [-0.05, 0) is 48.6 Å². The van der Waals surface area contributed by atoms with Gasteiger partial charge in [0.25, 0.3) is 5.91 Å². The molecule has 1 aliphatic rings. The Morgan fingerprint density at radius 3 is 3.07 bits per heavy atom. The average molecular weight is 443 g/mol. The molecule has 1 aliphatic heterocycles. The minimum atomic E-state index is -0.209. The highest BCUT2D eigenvalue weighted by molar-refractivity contribution is 8.02. The van der Waals surface area contributed by atoms with Crippen LogP contribution in [0, 0.1) is 0 Å². The van der Waals surface area contributed by atoms with Crippen molar-refractivity contribution in [3.8, 4) is 0 Å². The molecule has 1 aromatic carbocycles. The highest BCUT2D eigenvalue weighted by Gasteiger charge is 2.23. The first-order valence-electron chi connectivity index (χ1n) is 9.06. The maximum Gasteiger partial charge on any atom is 0.277 e. The predicted molar refractivity (Wildman–Crippen MR) is 120 cm³/mol. The fraction of sp³-hybridized carbons (Fsp3) is 0.211. The first kappa shape index (κ1) is 18.6. The van der Waals surface area contributed by atoms with Crippen molar-refractivity contribution in [2.45, 2.75) is 17.3 Å². The van der Waals surface area contributed by atoms with Crippen LogP contribution >= 0.6 is 34.6 Å². The molecule has 1 amide bonds. The summed E-state index contributed by atoms with van der Waals surface area (Å²) in [6.07, 6.45) is 1.75. The van der Waals surface area contributed by atoms with Crippen LogP contribution in [-0.4, -0.2) is 38.9 Å². The number of hydrogen-bond donors (Lipinski definition) is 2. The maximum absolute atomic E-state index is 12.8. The second kappa shape index (κ2) is 7.79. The van der Waals surface area contributed by atoms with Crippen LogP contribution in [-0.2, 0) is 13.1 Å². The van der Waals surface area contributed by atoms with E-state index in [0.717, 1.165) is 41.2 Å². The van der Waals surface area contributed by atoms with Crippen molar-refractivity contribution >= 4 is 61.6 Å². The molecule has 29 heavy (non-hydrogen) atoms. The highest BCUT2D eigenvalue weighted by atomic mass is 32.2. The molecule has 10 heteroatoms. The summed E-state index contributed by atoms with van der Waals surface area (Å²) in [5.41, 5.74) is 3.30. The van der Waals surface area contributed by atoms with Gasteiger partial charge >= 0.3 is 0 Å². The van der Waals surface area contributed by atoms with Crippen LogP contribution in [0.2, 0.25) is 0 Å². The minimum Gasteiger partial charge on any atom is -0.331 e. The molecule has 3 aromatic heterocycles. The molecule has 0 saturated heterocycles. The first-order valence-corrected chi connectivity index (χ1v) is 11.6. The number of benzene rings is 1. The van der Waals surface area contributed by atoms with Gasteiger partial charge in [-0.25, -0.2) is 9.97 Å². The summed E-state index contributed by atoms with van der Waals surface area (Å²) < 4.78 is 7.63. The van der Waals surface area contributed by atoms with Crippen molar-refractivity contribution in [2.75, 3.05) is 23.6 Å². The van der Waals surface area contributed by atoms with Gasteiger partial charge in [0, 0.05) is 25.3 Å². The Labute approximate surface area is 179 Å². The van der Waals surface area contributed by atoms with Crippen molar-refractivity contribution in [3.05, 3.63) is 53.4 Å². The second-order valence-corrected chi connectivity index (χ2v) is 9.85. The number of amides is 1. The van der Waals surface area contributed by atoms with Crippen LogP contribution in [0.3, 0.4) is 0 Å². The van der Waals surface area contributed by atoms with E-state index < -0.39 is 0 Å². The number of carbonyl (C=O) groups is 1. The zero-order valence-electron chi connectivity index (χ0n) is 15.6. The zero-order valence-corrected chi connectivity index (χ0v) is 18.0. The van der Waals surface area contributed by atoms with E-state index in [0.29, 0.717) is 10.8 Å². The fourth-order valence-corrected chi connectivity index (χ4v) is 5.52. The Hall–Kier alpha value is -2.40. The van der Waals surface area contributed by atoms with Crippen LogP contribution in [0.5, 0.6) is 0 Å². The molecule has 0 fully saturated rings. The molecule has 0 spiro atoms. The monoisotopic (exact) mass is 442 g/mol. The smallest absolute Gasteiger partial charge is 0.277 e. The molecule has 0 bridgehead atoms. The molecular weight excluding hydrogens is 424 g/mol. The number of thiophene rings is 1. The number of rotatable bonds is 5. The van der Waals surface area contributed by atoms with Crippen LogP contribution in [0.4, 0.5) is 10.8 Å². The van der Waals surface area contributed by atoms with Gasteiger partial charge in [-0.1, -0.05) is 17.4 Å². The number of carbonyl (C=O) groups excluding carboxylic acids is 1. The largest absolute Gasteiger partial charge is 0.331 e. The van der Waals surface area contributed by atoms with Gasteiger partial charge in [0.05, 0.1) is 26.4 Å². The number of likely N-dealkylation sites (N-methyl/N-ethyl adjacent to an activating group) is 1. The van der Waals surface area contributed by atoms with Crippen molar-refractivity contribution in [1.29, 1.82) is 0 Å². The lowest BCUT2D eigenvalue weighted by molar-refractivity contribution is 0.102. The summed E-state index contributed by atoms with van der Waals surface area (Å²) in [7, 11) is 2.05. The second-order valence-electron chi connectivity index (χ2n) is 6.76. The standard InChI is InChI=1S/C19H18N6OS3/c1-24-6-7-25-11-20-17(14(25)10-24)18(26)22-19-21-13-5-4-12(9-15(13)28-19)23-29-16-3-2-8-27-16/h2-5,8-9,11,23H,6-7,10H2,1H3,(H,21,22,26). The molecule has 4 aromatic rings. The summed E-state index contributed by atoms with van der Waals surface area (Å²) in [4.78, 5) is 23.9. The van der Waals surface area contributed by atoms with Gasteiger partial charge in [-0.3, -0.25) is 15.0 Å². The summed E-state index contributed by atoms with van der Waals surface area (Å²) in [5.74, 6) is -0.209. The maximum atomic E-state index is 12.8. The number of anilines is 2. The predicted octanol–water partition coefficient (Wildman–Crippen LogP) is 4.37. The van der Waals surface area contributed by atoms with Gasteiger partial charge in [0.1, 0.15) is 0 Å². The number of nitrogens with one attached hydrogen (secondary N) is 2. The van der Waals surface area contributed by atoms with Crippen molar-refractivity contribution in [3.63, 3.8) is 0 Å². The van der Waals surface area contributed by atoms with E-state index in [1.54, 1.807) is 29.6 Å². The number of thiazole rings is 1. The summed E-state index contributed by atoms with van der Waals surface area (Å²) in [5, 5.41) is 5.56. The third-order valence-electron chi connectivity index (χ3n) is 4.68. The van der Waals surface area contributed by atoms with Crippen molar-refractivity contribution < 1.29 is 4.79 Å². The Bertz CT molecular complexity index is 1170. The van der Waals surface area contributed by atoms with E-state index in [-0.39, 0.29) is 5.91 Å². The Morgan fingerprint density at radius 1 is 1.28 bits per heavy atom. The molecule has 148 valence electrons.